The first-order valence-corrected chi connectivity index (χ1v) is 9.11. The molecule has 2 aliphatic rings. The molecular weight excluding hydrogens is 302 g/mol. The van der Waals surface area contributed by atoms with Gasteiger partial charge in [-0.15, -0.1) is 0 Å². The largest absolute Gasteiger partial charge is 0.353 e. The van der Waals surface area contributed by atoms with Crippen LogP contribution in [0, 0.1) is 5.92 Å². The second-order valence-corrected chi connectivity index (χ2v) is 6.98. The molecule has 1 aliphatic carbocycles. The molecule has 0 unspecified atom stereocenters. The number of carbonyl (C=O) groups excluding carboxylic acids is 2. The Balaban J connectivity index is 1.38. The van der Waals surface area contributed by atoms with E-state index in [1.165, 1.54) is 25.7 Å². The summed E-state index contributed by atoms with van der Waals surface area (Å²) >= 11 is 0. The maximum atomic E-state index is 12.3. The van der Waals surface area contributed by atoms with Gasteiger partial charge in [-0.25, -0.2) is 4.79 Å². The molecular formula is C19H27N3O2. The van der Waals surface area contributed by atoms with Crippen LogP contribution >= 0.6 is 0 Å². The summed E-state index contributed by atoms with van der Waals surface area (Å²) in [5.41, 5.74) is 0.814. The van der Waals surface area contributed by atoms with Crippen molar-refractivity contribution in [1.82, 2.24) is 10.2 Å². The number of anilines is 1. The van der Waals surface area contributed by atoms with Crippen LogP contribution in [0.4, 0.5) is 10.5 Å². The molecule has 5 heteroatoms. The van der Waals surface area contributed by atoms with Gasteiger partial charge < -0.3 is 15.5 Å². The van der Waals surface area contributed by atoms with Gasteiger partial charge >= 0.3 is 6.03 Å². The molecule has 0 aromatic heterocycles. The fourth-order valence-electron chi connectivity index (χ4n) is 3.71. The van der Waals surface area contributed by atoms with Gasteiger partial charge in [-0.3, -0.25) is 4.79 Å². The van der Waals surface area contributed by atoms with E-state index in [1.807, 2.05) is 35.2 Å². The van der Waals surface area contributed by atoms with Gasteiger partial charge in [-0.05, 0) is 43.7 Å². The summed E-state index contributed by atoms with van der Waals surface area (Å²) in [6.07, 6.45) is 7.28. The van der Waals surface area contributed by atoms with Crippen LogP contribution in [-0.2, 0) is 4.79 Å². The van der Waals surface area contributed by atoms with Gasteiger partial charge in [-0.2, -0.15) is 0 Å². The Bertz CT molecular complexity index is 547. The van der Waals surface area contributed by atoms with Crippen molar-refractivity contribution in [3.63, 3.8) is 0 Å². The van der Waals surface area contributed by atoms with Crippen LogP contribution in [0.15, 0.2) is 30.3 Å². The third kappa shape index (κ3) is 4.73. The quantitative estimate of drug-likeness (QED) is 0.889. The van der Waals surface area contributed by atoms with Crippen LogP contribution in [-0.4, -0.2) is 36.0 Å². The van der Waals surface area contributed by atoms with E-state index in [0.29, 0.717) is 25.4 Å². The van der Waals surface area contributed by atoms with Gasteiger partial charge in [-0.1, -0.05) is 31.0 Å². The predicted octanol–water partition coefficient (Wildman–Crippen LogP) is 3.38. The molecule has 0 radical (unpaired) electrons. The van der Waals surface area contributed by atoms with E-state index in [4.69, 9.17) is 0 Å². The zero-order chi connectivity index (χ0) is 16.8. The summed E-state index contributed by atoms with van der Waals surface area (Å²) in [5, 5.41) is 6.07. The summed E-state index contributed by atoms with van der Waals surface area (Å²) in [5.74, 6) is 0.774. The number of piperidine rings is 1. The minimum atomic E-state index is -0.0584. The van der Waals surface area contributed by atoms with E-state index in [0.717, 1.165) is 18.5 Å². The highest BCUT2D eigenvalue weighted by atomic mass is 16.2. The molecule has 0 bridgehead atoms. The van der Waals surface area contributed by atoms with Gasteiger partial charge in [0.15, 0.2) is 0 Å². The fraction of sp³-hybridized carbons (Fsp3) is 0.579. The Hall–Kier alpha value is -2.04. The molecule has 3 amide bonds. The number of carbonyl (C=O) groups is 2. The molecule has 1 saturated heterocycles. The normalized spacial score (nSPS) is 19.2. The number of hydrogen-bond donors (Lipinski definition) is 2. The first kappa shape index (κ1) is 16.8. The Kier molecular flexibility index (Phi) is 5.72. The molecule has 1 saturated carbocycles. The molecule has 1 aliphatic heterocycles. The minimum absolute atomic E-state index is 0.0584. The van der Waals surface area contributed by atoms with E-state index < -0.39 is 0 Å². The van der Waals surface area contributed by atoms with Crippen molar-refractivity contribution < 1.29 is 9.59 Å². The second kappa shape index (κ2) is 8.18. The van der Waals surface area contributed by atoms with Crippen LogP contribution in [0.5, 0.6) is 0 Å². The van der Waals surface area contributed by atoms with Gasteiger partial charge in [0, 0.05) is 31.2 Å². The van der Waals surface area contributed by atoms with E-state index in [1.54, 1.807) is 0 Å². The molecule has 0 spiro atoms. The maximum Gasteiger partial charge on any atom is 0.321 e. The molecule has 3 rings (SSSR count). The standard InChI is InChI=1S/C19H27N3O2/c23-18(14-15-6-4-5-7-15)20-17-10-12-22(13-11-17)19(24)21-16-8-2-1-3-9-16/h1-3,8-9,15,17H,4-7,10-14H2,(H,20,23)(H,21,24). The molecule has 2 fully saturated rings. The van der Waals surface area contributed by atoms with Crippen molar-refractivity contribution in [3.8, 4) is 0 Å². The van der Waals surface area contributed by atoms with Crippen molar-refractivity contribution in [2.45, 2.75) is 51.0 Å². The minimum Gasteiger partial charge on any atom is -0.353 e. The highest BCUT2D eigenvalue weighted by Gasteiger charge is 2.25. The Morgan fingerprint density at radius 1 is 1.00 bits per heavy atom. The Morgan fingerprint density at radius 3 is 2.33 bits per heavy atom. The summed E-state index contributed by atoms with van der Waals surface area (Å²) < 4.78 is 0. The number of amides is 3. The lowest BCUT2D eigenvalue weighted by atomic mass is 10.0. The summed E-state index contributed by atoms with van der Waals surface area (Å²) in [4.78, 5) is 26.2. The van der Waals surface area contributed by atoms with Crippen LogP contribution in [0.1, 0.15) is 44.9 Å². The number of urea groups is 1. The number of nitrogens with one attached hydrogen (secondary N) is 2. The molecule has 24 heavy (non-hydrogen) atoms. The number of hydrogen-bond acceptors (Lipinski definition) is 2. The van der Waals surface area contributed by atoms with Gasteiger partial charge in [0.2, 0.25) is 5.91 Å². The van der Waals surface area contributed by atoms with Gasteiger partial charge in [0.1, 0.15) is 0 Å². The van der Waals surface area contributed by atoms with Crippen molar-refractivity contribution in [2.75, 3.05) is 18.4 Å². The Labute approximate surface area is 143 Å². The van der Waals surface area contributed by atoms with E-state index >= 15 is 0 Å². The maximum absolute atomic E-state index is 12.3. The smallest absolute Gasteiger partial charge is 0.321 e. The van der Waals surface area contributed by atoms with E-state index in [-0.39, 0.29) is 18.0 Å². The van der Waals surface area contributed by atoms with E-state index in [2.05, 4.69) is 10.6 Å². The number of nitrogens with zero attached hydrogens (tertiary/aromatic N) is 1. The molecule has 0 atom stereocenters. The highest BCUT2D eigenvalue weighted by molar-refractivity contribution is 5.89. The van der Waals surface area contributed by atoms with Crippen molar-refractivity contribution >= 4 is 17.6 Å². The number of rotatable bonds is 4. The lowest BCUT2D eigenvalue weighted by Gasteiger charge is -2.32. The average Bonchev–Trinajstić information content (AvgIpc) is 3.09. The van der Waals surface area contributed by atoms with Gasteiger partial charge in [0.05, 0.1) is 0 Å². The third-order valence-corrected chi connectivity index (χ3v) is 5.12. The summed E-state index contributed by atoms with van der Waals surface area (Å²) in [6, 6.07) is 9.65. The first-order valence-electron chi connectivity index (χ1n) is 9.11. The molecule has 1 heterocycles. The molecule has 1 aromatic carbocycles. The number of likely N-dealkylation sites (tertiary alicyclic amines) is 1. The molecule has 2 N–H and O–H groups in total. The van der Waals surface area contributed by atoms with Gasteiger partial charge in [0.25, 0.3) is 0 Å². The SMILES string of the molecule is O=C(CC1CCCC1)NC1CCN(C(=O)Nc2ccccc2)CC1. The van der Waals surface area contributed by atoms with Crippen LogP contribution < -0.4 is 10.6 Å². The number of para-hydroxylation sites is 1. The summed E-state index contributed by atoms with van der Waals surface area (Å²) in [6.45, 7) is 1.38. The monoisotopic (exact) mass is 329 g/mol. The van der Waals surface area contributed by atoms with Crippen molar-refractivity contribution in [2.24, 2.45) is 5.92 Å². The van der Waals surface area contributed by atoms with Crippen LogP contribution in [0.2, 0.25) is 0 Å². The topological polar surface area (TPSA) is 61.4 Å². The fourth-order valence-corrected chi connectivity index (χ4v) is 3.71. The first-order chi connectivity index (χ1) is 11.7. The zero-order valence-corrected chi connectivity index (χ0v) is 14.2. The average molecular weight is 329 g/mol. The second-order valence-electron chi connectivity index (χ2n) is 6.98. The van der Waals surface area contributed by atoms with Crippen LogP contribution in [0.3, 0.4) is 0 Å². The molecule has 1 aromatic rings. The molecule has 130 valence electrons. The van der Waals surface area contributed by atoms with Crippen molar-refractivity contribution in [1.29, 1.82) is 0 Å². The lowest BCUT2D eigenvalue weighted by Crippen LogP contribution is -2.47. The van der Waals surface area contributed by atoms with E-state index in [9.17, 15) is 9.59 Å². The highest BCUT2D eigenvalue weighted by Crippen LogP contribution is 2.27. The zero-order valence-electron chi connectivity index (χ0n) is 14.2. The van der Waals surface area contributed by atoms with Crippen LogP contribution in [0.25, 0.3) is 0 Å². The number of benzene rings is 1. The van der Waals surface area contributed by atoms with Crippen molar-refractivity contribution in [3.05, 3.63) is 30.3 Å². The predicted molar refractivity (Wildman–Crippen MR) is 94.8 cm³/mol. The Morgan fingerprint density at radius 2 is 1.67 bits per heavy atom. The molecule has 5 nitrogen and oxygen atoms in total. The summed E-state index contributed by atoms with van der Waals surface area (Å²) in [7, 11) is 0. The third-order valence-electron chi connectivity index (χ3n) is 5.12. The lowest BCUT2D eigenvalue weighted by molar-refractivity contribution is -0.122.